The SMILES string of the molecule is C#CCN1C(=O)N(CO)C(=O)C1CC. The van der Waals surface area contributed by atoms with E-state index in [-0.39, 0.29) is 12.5 Å². The molecule has 1 N–H and O–H groups in total. The second-order valence-corrected chi connectivity index (χ2v) is 2.95. The van der Waals surface area contributed by atoms with Gasteiger partial charge in [0.05, 0.1) is 6.54 Å². The molecule has 1 saturated heterocycles. The molecule has 0 aromatic heterocycles. The average molecular weight is 196 g/mol. The topological polar surface area (TPSA) is 60.9 Å². The van der Waals surface area contributed by atoms with Crippen LogP contribution in [-0.2, 0) is 4.79 Å². The van der Waals surface area contributed by atoms with Crippen molar-refractivity contribution in [3.63, 3.8) is 0 Å². The van der Waals surface area contributed by atoms with Crippen LogP contribution >= 0.6 is 0 Å². The molecule has 1 fully saturated rings. The Kier molecular flexibility index (Phi) is 3.10. The summed E-state index contributed by atoms with van der Waals surface area (Å²) in [5.41, 5.74) is 0. The summed E-state index contributed by atoms with van der Waals surface area (Å²) in [6.45, 7) is 1.30. The zero-order chi connectivity index (χ0) is 10.7. The molecule has 14 heavy (non-hydrogen) atoms. The van der Waals surface area contributed by atoms with Crippen molar-refractivity contribution in [2.45, 2.75) is 19.4 Å². The van der Waals surface area contributed by atoms with E-state index < -0.39 is 18.8 Å². The molecule has 0 saturated carbocycles. The molecule has 0 aliphatic carbocycles. The van der Waals surface area contributed by atoms with E-state index in [0.717, 1.165) is 4.90 Å². The summed E-state index contributed by atoms with van der Waals surface area (Å²) in [6, 6.07) is -1.03. The Labute approximate surface area is 82.3 Å². The van der Waals surface area contributed by atoms with Crippen molar-refractivity contribution >= 4 is 11.9 Å². The minimum Gasteiger partial charge on any atom is -0.376 e. The molecule has 1 rings (SSSR count). The van der Waals surface area contributed by atoms with E-state index in [9.17, 15) is 9.59 Å². The number of amides is 3. The van der Waals surface area contributed by atoms with Crippen molar-refractivity contribution in [3.8, 4) is 12.3 Å². The van der Waals surface area contributed by atoms with Crippen molar-refractivity contribution in [1.82, 2.24) is 9.80 Å². The molecule has 76 valence electrons. The molecule has 3 amide bonds. The van der Waals surface area contributed by atoms with Crippen LogP contribution < -0.4 is 0 Å². The summed E-state index contributed by atoms with van der Waals surface area (Å²) in [4.78, 5) is 25.1. The first-order valence-corrected chi connectivity index (χ1v) is 4.33. The van der Waals surface area contributed by atoms with Crippen molar-refractivity contribution in [2.75, 3.05) is 13.3 Å². The second kappa shape index (κ2) is 4.11. The van der Waals surface area contributed by atoms with Crippen LogP contribution in [0.1, 0.15) is 13.3 Å². The maximum absolute atomic E-state index is 11.5. The van der Waals surface area contributed by atoms with Gasteiger partial charge in [-0.2, -0.15) is 0 Å². The molecule has 0 bridgehead atoms. The summed E-state index contributed by atoms with van der Waals surface area (Å²) in [6.07, 6.45) is 5.59. The van der Waals surface area contributed by atoms with Gasteiger partial charge in [-0.25, -0.2) is 9.69 Å². The average Bonchev–Trinajstić information content (AvgIpc) is 2.39. The second-order valence-electron chi connectivity index (χ2n) is 2.95. The highest BCUT2D eigenvalue weighted by Crippen LogP contribution is 2.18. The van der Waals surface area contributed by atoms with Gasteiger partial charge in [0.1, 0.15) is 12.8 Å². The zero-order valence-electron chi connectivity index (χ0n) is 7.93. The Morgan fingerprint density at radius 2 is 2.21 bits per heavy atom. The highest BCUT2D eigenvalue weighted by molar-refractivity contribution is 6.04. The molecule has 1 aliphatic heterocycles. The minimum absolute atomic E-state index is 0.0968. The largest absolute Gasteiger partial charge is 0.376 e. The molecular weight excluding hydrogens is 184 g/mol. The van der Waals surface area contributed by atoms with Crippen molar-refractivity contribution < 1.29 is 14.7 Å². The molecule has 0 aromatic carbocycles. The highest BCUT2D eigenvalue weighted by Gasteiger charge is 2.43. The Bertz CT molecular complexity index is 295. The standard InChI is InChI=1S/C9H12N2O3/c1-3-5-10-7(4-2)8(13)11(6-12)9(10)14/h1,7,12H,4-6H2,2H3. The first kappa shape index (κ1) is 10.5. The van der Waals surface area contributed by atoms with Gasteiger partial charge in [-0.05, 0) is 6.42 Å². The van der Waals surface area contributed by atoms with E-state index in [1.807, 2.05) is 0 Å². The van der Waals surface area contributed by atoms with E-state index in [1.54, 1.807) is 6.92 Å². The van der Waals surface area contributed by atoms with Gasteiger partial charge in [0.2, 0.25) is 0 Å². The van der Waals surface area contributed by atoms with Gasteiger partial charge >= 0.3 is 6.03 Å². The molecule has 0 radical (unpaired) electrons. The van der Waals surface area contributed by atoms with Gasteiger partial charge < -0.3 is 10.0 Å². The first-order valence-electron chi connectivity index (χ1n) is 4.33. The van der Waals surface area contributed by atoms with E-state index in [0.29, 0.717) is 6.42 Å². The van der Waals surface area contributed by atoms with Crippen LogP contribution in [0.4, 0.5) is 4.79 Å². The lowest BCUT2D eigenvalue weighted by Crippen LogP contribution is -2.35. The smallest absolute Gasteiger partial charge is 0.330 e. The Hall–Kier alpha value is -1.54. The lowest BCUT2D eigenvalue weighted by atomic mass is 10.2. The van der Waals surface area contributed by atoms with Gasteiger partial charge in [-0.15, -0.1) is 6.42 Å². The lowest BCUT2D eigenvalue weighted by Gasteiger charge is -2.16. The van der Waals surface area contributed by atoms with Gasteiger partial charge in [0, 0.05) is 0 Å². The fraction of sp³-hybridized carbons (Fsp3) is 0.556. The van der Waals surface area contributed by atoms with Crippen LogP contribution in [0.25, 0.3) is 0 Å². The third-order valence-electron chi connectivity index (χ3n) is 2.19. The number of carbonyl (C=O) groups is 2. The normalized spacial score (nSPS) is 21.6. The molecule has 5 heteroatoms. The van der Waals surface area contributed by atoms with E-state index in [4.69, 9.17) is 11.5 Å². The van der Waals surface area contributed by atoms with Gasteiger partial charge in [0.15, 0.2) is 0 Å². The summed E-state index contributed by atoms with van der Waals surface area (Å²) >= 11 is 0. The van der Waals surface area contributed by atoms with E-state index in [2.05, 4.69) is 5.92 Å². The monoisotopic (exact) mass is 196 g/mol. The summed E-state index contributed by atoms with van der Waals surface area (Å²) in [5.74, 6) is 1.93. The van der Waals surface area contributed by atoms with Crippen LogP contribution in [0.2, 0.25) is 0 Å². The van der Waals surface area contributed by atoms with Crippen LogP contribution in [0.15, 0.2) is 0 Å². The Morgan fingerprint density at radius 3 is 2.64 bits per heavy atom. The number of urea groups is 1. The predicted molar refractivity (Wildman–Crippen MR) is 48.9 cm³/mol. The molecule has 1 atom stereocenters. The van der Waals surface area contributed by atoms with Crippen LogP contribution in [-0.4, -0.2) is 46.2 Å². The van der Waals surface area contributed by atoms with Crippen molar-refractivity contribution in [3.05, 3.63) is 0 Å². The van der Waals surface area contributed by atoms with Crippen LogP contribution in [0.3, 0.4) is 0 Å². The Balaban J connectivity index is 2.90. The predicted octanol–water partition coefficient (Wildman–Crippen LogP) is -0.388. The number of terminal acetylenes is 1. The summed E-state index contributed by atoms with van der Waals surface area (Å²) < 4.78 is 0. The van der Waals surface area contributed by atoms with Crippen LogP contribution in [0, 0.1) is 12.3 Å². The van der Waals surface area contributed by atoms with E-state index in [1.165, 1.54) is 4.90 Å². The number of carbonyl (C=O) groups excluding carboxylic acids is 2. The number of aliphatic hydroxyl groups excluding tert-OH is 1. The quantitative estimate of drug-likeness (QED) is 0.494. The molecule has 1 aliphatic rings. The van der Waals surface area contributed by atoms with Gasteiger partial charge in [-0.3, -0.25) is 4.79 Å². The van der Waals surface area contributed by atoms with E-state index >= 15 is 0 Å². The summed E-state index contributed by atoms with van der Waals surface area (Å²) in [5, 5.41) is 8.81. The minimum atomic E-state index is -0.588. The molecule has 5 nitrogen and oxygen atoms in total. The molecule has 1 unspecified atom stereocenters. The Morgan fingerprint density at radius 1 is 1.57 bits per heavy atom. The summed E-state index contributed by atoms with van der Waals surface area (Å²) in [7, 11) is 0. The van der Waals surface area contributed by atoms with Gasteiger partial charge in [-0.1, -0.05) is 12.8 Å². The molecule has 1 heterocycles. The number of nitrogens with zero attached hydrogens (tertiary/aromatic N) is 2. The number of imide groups is 1. The highest BCUT2D eigenvalue weighted by atomic mass is 16.3. The zero-order valence-corrected chi connectivity index (χ0v) is 7.93. The third-order valence-corrected chi connectivity index (χ3v) is 2.19. The lowest BCUT2D eigenvalue weighted by molar-refractivity contribution is -0.130. The first-order chi connectivity index (χ1) is 6.67. The fourth-order valence-electron chi connectivity index (χ4n) is 1.50. The van der Waals surface area contributed by atoms with Crippen molar-refractivity contribution in [2.24, 2.45) is 0 Å². The fourth-order valence-corrected chi connectivity index (χ4v) is 1.50. The number of hydrogen-bond donors (Lipinski definition) is 1. The number of rotatable bonds is 3. The number of hydrogen-bond acceptors (Lipinski definition) is 3. The number of aliphatic hydroxyl groups is 1. The van der Waals surface area contributed by atoms with Gasteiger partial charge in [0.25, 0.3) is 5.91 Å². The maximum Gasteiger partial charge on any atom is 0.330 e. The maximum atomic E-state index is 11.5. The van der Waals surface area contributed by atoms with Crippen molar-refractivity contribution in [1.29, 1.82) is 0 Å². The molecular formula is C9H12N2O3. The molecule has 0 aromatic rings. The van der Waals surface area contributed by atoms with Crippen LogP contribution in [0.5, 0.6) is 0 Å². The molecule has 0 spiro atoms. The third kappa shape index (κ3) is 1.44.